The number of rotatable bonds is 4. The second-order valence-corrected chi connectivity index (χ2v) is 7.76. The molecule has 0 fully saturated rings. The van der Waals surface area contributed by atoms with Gasteiger partial charge in [0.1, 0.15) is 0 Å². The molecule has 1 aliphatic heterocycles. The molecule has 1 aromatic carbocycles. The van der Waals surface area contributed by atoms with Crippen LogP contribution in [0.25, 0.3) is 0 Å². The van der Waals surface area contributed by atoms with Crippen LogP contribution in [-0.2, 0) is 11.2 Å². The summed E-state index contributed by atoms with van der Waals surface area (Å²) >= 11 is 1.91. The van der Waals surface area contributed by atoms with Crippen LogP contribution in [0.2, 0.25) is 0 Å². The van der Waals surface area contributed by atoms with E-state index in [1.54, 1.807) is 0 Å². The summed E-state index contributed by atoms with van der Waals surface area (Å²) in [4.78, 5) is 13.4. The third-order valence-electron chi connectivity index (χ3n) is 3.26. The normalized spacial score (nSPS) is 19.5. The molecule has 0 spiro atoms. The molecule has 1 aromatic rings. The number of benzene rings is 1. The number of hydrogen-bond donors (Lipinski definition) is 2. The predicted octanol–water partition coefficient (Wildman–Crippen LogP) is 2.60. The van der Waals surface area contributed by atoms with Crippen molar-refractivity contribution in [2.75, 3.05) is 6.54 Å². The standard InChI is InChI=1S/C16H24N2OS/c1-11(15(19)18-16(2,3)4)17-10-13-9-12-7-5-6-8-14(12)20-13/h5-8,11,13,17H,9-10H2,1-4H3,(H,18,19). The van der Waals surface area contributed by atoms with E-state index in [-0.39, 0.29) is 17.5 Å². The van der Waals surface area contributed by atoms with Gasteiger partial charge < -0.3 is 10.6 Å². The molecular formula is C16H24N2OS. The van der Waals surface area contributed by atoms with Crippen molar-refractivity contribution in [1.82, 2.24) is 10.6 Å². The quantitative estimate of drug-likeness (QED) is 0.896. The Labute approximate surface area is 125 Å². The third-order valence-corrected chi connectivity index (χ3v) is 4.58. The van der Waals surface area contributed by atoms with E-state index in [9.17, 15) is 4.79 Å². The highest BCUT2D eigenvalue weighted by Crippen LogP contribution is 2.36. The predicted molar refractivity (Wildman–Crippen MR) is 85.2 cm³/mol. The van der Waals surface area contributed by atoms with Crippen molar-refractivity contribution in [2.45, 2.75) is 55.8 Å². The van der Waals surface area contributed by atoms with Gasteiger partial charge in [-0.1, -0.05) is 18.2 Å². The summed E-state index contributed by atoms with van der Waals surface area (Å²) in [5, 5.41) is 6.88. The number of carbonyl (C=O) groups excluding carboxylic acids is 1. The molecule has 0 saturated carbocycles. The van der Waals surface area contributed by atoms with Gasteiger partial charge in [-0.3, -0.25) is 4.79 Å². The van der Waals surface area contributed by atoms with Crippen LogP contribution in [-0.4, -0.2) is 29.3 Å². The second kappa shape index (κ2) is 6.19. The van der Waals surface area contributed by atoms with E-state index in [1.807, 2.05) is 39.5 Å². The van der Waals surface area contributed by atoms with Gasteiger partial charge in [0.05, 0.1) is 6.04 Å². The van der Waals surface area contributed by atoms with E-state index < -0.39 is 0 Å². The third kappa shape index (κ3) is 4.25. The molecule has 0 saturated heterocycles. The lowest BCUT2D eigenvalue weighted by molar-refractivity contribution is -0.124. The molecule has 2 atom stereocenters. The molecule has 2 rings (SSSR count). The van der Waals surface area contributed by atoms with Crippen molar-refractivity contribution in [2.24, 2.45) is 0 Å². The summed E-state index contributed by atoms with van der Waals surface area (Å²) in [7, 11) is 0. The molecule has 110 valence electrons. The fraction of sp³-hybridized carbons (Fsp3) is 0.562. The Balaban J connectivity index is 1.78. The maximum absolute atomic E-state index is 12.0. The number of amides is 1. The first kappa shape index (κ1) is 15.4. The number of fused-ring (bicyclic) bond motifs is 1. The molecular weight excluding hydrogens is 268 g/mol. The molecule has 0 bridgehead atoms. The lowest BCUT2D eigenvalue weighted by Gasteiger charge is -2.24. The van der Waals surface area contributed by atoms with Crippen LogP contribution in [0, 0.1) is 0 Å². The van der Waals surface area contributed by atoms with E-state index in [2.05, 4.69) is 34.9 Å². The van der Waals surface area contributed by atoms with Crippen molar-refractivity contribution in [3.05, 3.63) is 29.8 Å². The minimum atomic E-state index is -0.175. The summed E-state index contributed by atoms with van der Waals surface area (Å²) in [6.45, 7) is 8.79. The summed E-state index contributed by atoms with van der Waals surface area (Å²) < 4.78 is 0. The molecule has 3 nitrogen and oxygen atoms in total. The van der Waals surface area contributed by atoms with E-state index in [1.165, 1.54) is 10.5 Å². The summed E-state index contributed by atoms with van der Waals surface area (Å²) in [6, 6.07) is 8.39. The highest BCUT2D eigenvalue weighted by atomic mass is 32.2. The first-order chi connectivity index (χ1) is 9.35. The van der Waals surface area contributed by atoms with E-state index in [4.69, 9.17) is 0 Å². The molecule has 0 aliphatic carbocycles. The van der Waals surface area contributed by atoms with Crippen LogP contribution in [0.5, 0.6) is 0 Å². The summed E-state index contributed by atoms with van der Waals surface area (Å²) in [5.74, 6) is 0.0676. The van der Waals surface area contributed by atoms with Gasteiger partial charge in [0.25, 0.3) is 0 Å². The van der Waals surface area contributed by atoms with Crippen molar-refractivity contribution in [3.63, 3.8) is 0 Å². The zero-order valence-corrected chi connectivity index (χ0v) is 13.5. The molecule has 2 unspecified atom stereocenters. The van der Waals surface area contributed by atoms with Gasteiger partial charge >= 0.3 is 0 Å². The molecule has 4 heteroatoms. The first-order valence-corrected chi connectivity index (χ1v) is 8.03. The van der Waals surface area contributed by atoms with Crippen LogP contribution in [0.4, 0.5) is 0 Å². The van der Waals surface area contributed by atoms with Crippen LogP contribution in [0.3, 0.4) is 0 Å². The minimum Gasteiger partial charge on any atom is -0.350 e. The minimum absolute atomic E-state index is 0.0676. The first-order valence-electron chi connectivity index (χ1n) is 7.15. The molecule has 20 heavy (non-hydrogen) atoms. The number of hydrogen-bond acceptors (Lipinski definition) is 3. The monoisotopic (exact) mass is 292 g/mol. The van der Waals surface area contributed by atoms with Crippen LogP contribution < -0.4 is 10.6 Å². The van der Waals surface area contributed by atoms with Crippen molar-refractivity contribution < 1.29 is 4.79 Å². The maximum Gasteiger partial charge on any atom is 0.237 e. The van der Waals surface area contributed by atoms with Crippen LogP contribution in [0.1, 0.15) is 33.3 Å². The molecule has 0 radical (unpaired) electrons. The van der Waals surface area contributed by atoms with E-state index in [0.717, 1.165) is 13.0 Å². The average Bonchev–Trinajstić information content (AvgIpc) is 2.76. The molecule has 1 heterocycles. The lowest BCUT2D eigenvalue weighted by atomic mass is 10.1. The van der Waals surface area contributed by atoms with Crippen molar-refractivity contribution in [1.29, 1.82) is 0 Å². The number of thioether (sulfide) groups is 1. The molecule has 1 aliphatic rings. The number of nitrogens with one attached hydrogen (secondary N) is 2. The van der Waals surface area contributed by atoms with Gasteiger partial charge in [-0.25, -0.2) is 0 Å². The summed E-state index contributed by atoms with van der Waals surface area (Å²) in [5.41, 5.74) is 1.25. The Hall–Kier alpha value is -1.00. The SMILES string of the molecule is CC(NCC1Cc2ccccc2S1)C(=O)NC(C)(C)C. The van der Waals surface area contributed by atoms with Gasteiger partial charge in [0.15, 0.2) is 0 Å². The fourth-order valence-electron chi connectivity index (χ4n) is 2.25. The average molecular weight is 292 g/mol. The molecule has 2 N–H and O–H groups in total. The van der Waals surface area contributed by atoms with Crippen LogP contribution in [0.15, 0.2) is 29.2 Å². The Morgan fingerprint density at radius 1 is 1.40 bits per heavy atom. The maximum atomic E-state index is 12.0. The topological polar surface area (TPSA) is 41.1 Å². The Morgan fingerprint density at radius 2 is 2.10 bits per heavy atom. The van der Waals surface area contributed by atoms with Crippen molar-refractivity contribution in [3.8, 4) is 0 Å². The zero-order valence-electron chi connectivity index (χ0n) is 12.7. The Morgan fingerprint density at radius 3 is 2.75 bits per heavy atom. The van der Waals surface area contributed by atoms with Gasteiger partial charge in [-0.05, 0) is 45.7 Å². The van der Waals surface area contributed by atoms with Gasteiger partial charge in [-0.2, -0.15) is 0 Å². The number of carbonyl (C=O) groups is 1. The fourth-order valence-corrected chi connectivity index (χ4v) is 3.51. The molecule has 0 aromatic heterocycles. The zero-order chi connectivity index (χ0) is 14.8. The smallest absolute Gasteiger partial charge is 0.237 e. The van der Waals surface area contributed by atoms with Gasteiger partial charge in [0, 0.05) is 22.2 Å². The van der Waals surface area contributed by atoms with Crippen molar-refractivity contribution >= 4 is 17.7 Å². The highest BCUT2D eigenvalue weighted by molar-refractivity contribution is 8.00. The van der Waals surface area contributed by atoms with Gasteiger partial charge in [0.2, 0.25) is 5.91 Å². The Bertz CT molecular complexity index is 457. The Kier molecular flexibility index (Phi) is 4.76. The van der Waals surface area contributed by atoms with E-state index in [0.29, 0.717) is 5.25 Å². The van der Waals surface area contributed by atoms with E-state index >= 15 is 0 Å². The lowest BCUT2D eigenvalue weighted by Crippen LogP contribution is -2.50. The highest BCUT2D eigenvalue weighted by Gasteiger charge is 2.24. The molecule has 1 amide bonds. The van der Waals surface area contributed by atoms with Crippen LogP contribution >= 0.6 is 11.8 Å². The largest absolute Gasteiger partial charge is 0.350 e. The second-order valence-electron chi connectivity index (χ2n) is 6.42. The van der Waals surface area contributed by atoms with Gasteiger partial charge in [-0.15, -0.1) is 11.8 Å². The summed E-state index contributed by atoms with van der Waals surface area (Å²) in [6.07, 6.45) is 1.08.